The first kappa shape index (κ1) is 7.62. The summed E-state index contributed by atoms with van der Waals surface area (Å²) in [5, 5.41) is 10.8. The zero-order chi connectivity index (χ0) is 7.56. The summed E-state index contributed by atoms with van der Waals surface area (Å²) in [7, 11) is 0. The van der Waals surface area contributed by atoms with E-state index in [1.165, 1.54) is 11.8 Å². The van der Waals surface area contributed by atoms with Crippen LogP contribution in [0.25, 0.3) is 0 Å². The molecule has 0 aromatic heterocycles. The molecule has 0 spiro atoms. The summed E-state index contributed by atoms with van der Waals surface area (Å²) < 4.78 is 4.97. The summed E-state index contributed by atoms with van der Waals surface area (Å²) in [5.74, 6) is 0.561. The van der Waals surface area contributed by atoms with Gasteiger partial charge in [-0.15, -0.1) is 0 Å². The van der Waals surface area contributed by atoms with Crippen molar-refractivity contribution in [3.63, 3.8) is 0 Å². The fourth-order valence-corrected chi connectivity index (χ4v) is 1.56. The van der Waals surface area contributed by atoms with Gasteiger partial charge in [-0.05, 0) is 0 Å². The Labute approximate surface area is 66.9 Å². The van der Waals surface area contributed by atoms with Crippen molar-refractivity contribution >= 4 is 34.5 Å². The van der Waals surface area contributed by atoms with Crippen LogP contribution in [0.4, 0.5) is 4.79 Å². The van der Waals surface area contributed by atoms with Crippen molar-refractivity contribution in [1.82, 2.24) is 5.32 Å². The highest BCUT2D eigenvalue weighted by atomic mass is 32.2. The fourth-order valence-electron chi connectivity index (χ4n) is 0.551. The summed E-state index contributed by atoms with van der Waals surface area (Å²) in [5.41, 5.74) is 0. The molecule has 1 atom stereocenters. The maximum absolute atomic E-state index is 9.95. The average molecular weight is 179 g/mol. The molecule has 1 rings (SSSR count). The number of hydrogen-bond donors (Lipinski definition) is 2. The second-order valence-electron chi connectivity index (χ2n) is 1.62. The summed E-state index contributed by atoms with van der Waals surface area (Å²) >= 11 is 6.11. The van der Waals surface area contributed by atoms with Crippen LogP contribution in [0.5, 0.6) is 0 Å². The molecule has 6 heteroatoms. The van der Waals surface area contributed by atoms with Gasteiger partial charge in [-0.25, -0.2) is 4.79 Å². The van der Waals surface area contributed by atoms with Gasteiger partial charge in [-0.1, -0.05) is 24.0 Å². The van der Waals surface area contributed by atoms with E-state index in [2.05, 4.69) is 10.1 Å². The predicted octanol–water partition coefficient (Wildman–Crippen LogP) is 0.628. The van der Waals surface area contributed by atoms with Crippen molar-refractivity contribution in [2.24, 2.45) is 0 Å². The van der Waals surface area contributed by atoms with E-state index < -0.39 is 12.4 Å². The minimum atomic E-state index is -1.28. The Morgan fingerprint density at radius 3 is 3.10 bits per heavy atom. The molecule has 4 nitrogen and oxygen atoms in total. The lowest BCUT2D eigenvalue weighted by Crippen LogP contribution is -2.30. The lowest BCUT2D eigenvalue weighted by molar-refractivity contribution is 0.0573. The van der Waals surface area contributed by atoms with Gasteiger partial charge in [0.05, 0.1) is 5.75 Å². The maximum atomic E-state index is 9.95. The molecule has 0 radical (unpaired) electrons. The van der Waals surface area contributed by atoms with Gasteiger partial charge in [0, 0.05) is 0 Å². The SMILES string of the molecule is O=C(O)OC1CSC(=S)N1. The Kier molecular flexibility index (Phi) is 2.34. The van der Waals surface area contributed by atoms with Crippen LogP contribution in [0, 0.1) is 0 Å². The fraction of sp³-hybridized carbons (Fsp3) is 0.500. The van der Waals surface area contributed by atoms with Crippen LogP contribution in [0.2, 0.25) is 0 Å². The highest BCUT2D eigenvalue weighted by molar-refractivity contribution is 8.23. The van der Waals surface area contributed by atoms with Gasteiger partial charge < -0.3 is 15.2 Å². The Balaban J connectivity index is 2.31. The normalized spacial score (nSPS) is 24.0. The van der Waals surface area contributed by atoms with E-state index in [1.807, 2.05) is 0 Å². The van der Waals surface area contributed by atoms with E-state index in [-0.39, 0.29) is 0 Å². The third-order valence-electron chi connectivity index (χ3n) is 0.888. The van der Waals surface area contributed by atoms with Gasteiger partial charge >= 0.3 is 6.16 Å². The molecule has 1 unspecified atom stereocenters. The molecule has 2 N–H and O–H groups in total. The molecule has 56 valence electrons. The molecule has 1 aliphatic rings. The molecule has 0 bridgehead atoms. The van der Waals surface area contributed by atoms with E-state index in [1.54, 1.807) is 0 Å². The molecule has 0 amide bonds. The van der Waals surface area contributed by atoms with Gasteiger partial charge in [-0.2, -0.15) is 0 Å². The van der Waals surface area contributed by atoms with Crippen molar-refractivity contribution in [1.29, 1.82) is 0 Å². The van der Waals surface area contributed by atoms with Crippen LogP contribution in [0.3, 0.4) is 0 Å². The Morgan fingerprint density at radius 2 is 2.70 bits per heavy atom. The molecule has 10 heavy (non-hydrogen) atoms. The molecule has 1 saturated heterocycles. The number of hydrogen-bond acceptors (Lipinski definition) is 4. The summed E-state index contributed by atoms with van der Waals surface area (Å²) in [6.45, 7) is 0. The van der Waals surface area contributed by atoms with Gasteiger partial charge in [0.1, 0.15) is 4.32 Å². The van der Waals surface area contributed by atoms with Crippen molar-refractivity contribution < 1.29 is 14.6 Å². The van der Waals surface area contributed by atoms with E-state index in [4.69, 9.17) is 17.3 Å². The quantitative estimate of drug-likeness (QED) is 0.455. The van der Waals surface area contributed by atoms with Crippen molar-refractivity contribution in [3.05, 3.63) is 0 Å². The highest BCUT2D eigenvalue weighted by Gasteiger charge is 2.21. The molecule has 0 aliphatic carbocycles. The molecule has 1 heterocycles. The number of nitrogens with one attached hydrogen (secondary N) is 1. The van der Waals surface area contributed by atoms with E-state index in [0.29, 0.717) is 10.1 Å². The zero-order valence-corrected chi connectivity index (χ0v) is 6.50. The molecule has 1 fully saturated rings. The molecule has 0 aromatic rings. The Bertz CT molecular complexity index is 172. The topological polar surface area (TPSA) is 58.6 Å². The number of carbonyl (C=O) groups is 1. The third kappa shape index (κ3) is 2.03. The monoisotopic (exact) mass is 179 g/mol. The van der Waals surface area contributed by atoms with Gasteiger partial charge in [0.15, 0.2) is 6.23 Å². The maximum Gasteiger partial charge on any atom is 0.507 e. The number of ether oxygens (including phenoxy) is 1. The van der Waals surface area contributed by atoms with Crippen LogP contribution >= 0.6 is 24.0 Å². The lowest BCUT2D eigenvalue weighted by Gasteiger charge is -2.06. The summed E-state index contributed by atoms with van der Waals surface area (Å²) in [4.78, 5) is 9.95. The second kappa shape index (κ2) is 3.07. The predicted molar refractivity (Wildman–Crippen MR) is 41.1 cm³/mol. The van der Waals surface area contributed by atoms with Gasteiger partial charge in [0.25, 0.3) is 0 Å². The lowest BCUT2D eigenvalue weighted by atomic mass is 10.7. The average Bonchev–Trinajstić information content (AvgIpc) is 2.13. The zero-order valence-electron chi connectivity index (χ0n) is 4.86. The largest absolute Gasteiger partial charge is 0.507 e. The second-order valence-corrected chi connectivity index (χ2v) is 3.31. The van der Waals surface area contributed by atoms with Crippen LogP contribution in [-0.2, 0) is 4.74 Å². The molecule has 1 aliphatic heterocycles. The minimum absolute atomic E-state index is 0.463. The highest BCUT2D eigenvalue weighted by Crippen LogP contribution is 2.13. The molecular formula is C4H5NO3S2. The smallest absolute Gasteiger partial charge is 0.450 e. The van der Waals surface area contributed by atoms with Crippen molar-refractivity contribution in [2.75, 3.05) is 5.75 Å². The van der Waals surface area contributed by atoms with Gasteiger partial charge in [0.2, 0.25) is 0 Å². The first-order valence-electron chi connectivity index (χ1n) is 2.51. The molecule has 0 saturated carbocycles. The number of rotatable bonds is 1. The van der Waals surface area contributed by atoms with Crippen LogP contribution < -0.4 is 5.32 Å². The van der Waals surface area contributed by atoms with Crippen LogP contribution in [-0.4, -0.2) is 27.6 Å². The first-order valence-corrected chi connectivity index (χ1v) is 3.91. The van der Waals surface area contributed by atoms with Gasteiger partial charge in [-0.3, -0.25) is 0 Å². The number of carboxylic acid groups (broad SMARTS) is 1. The van der Waals surface area contributed by atoms with E-state index in [9.17, 15) is 4.79 Å². The molecule has 0 aromatic carbocycles. The standard InChI is InChI=1S/C4H5NO3S2/c6-4(7)8-2-1-10-3(9)5-2/h2H,1H2,(H,5,9)(H,6,7). The Morgan fingerprint density at radius 1 is 2.00 bits per heavy atom. The minimum Gasteiger partial charge on any atom is -0.450 e. The first-order chi connectivity index (χ1) is 4.68. The van der Waals surface area contributed by atoms with Crippen LogP contribution in [0.15, 0.2) is 0 Å². The van der Waals surface area contributed by atoms with Crippen molar-refractivity contribution in [3.8, 4) is 0 Å². The van der Waals surface area contributed by atoms with E-state index >= 15 is 0 Å². The number of thiocarbonyl (C=S) groups is 1. The van der Waals surface area contributed by atoms with E-state index in [0.717, 1.165) is 0 Å². The van der Waals surface area contributed by atoms with Crippen molar-refractivity contribution in [2.45, 2.75) is 6.23 Å². The Hall–Kier alpha value is -0.490. The summed E-state index contributed by atoms with van der Waals surface area (Å²) in [6, 6.07) is 0. The third-order valence-corrected chi connectivity index (χ3v) is 2.21. The summed E-state index contributed by atoms with van der Waals surface area (Å²) in [6.07, 6.45) is -1.74. The molecular weight excluding hydrogens is 174 g/mol. The number of thioether (sulfide) groups is 1. The van der Waals surface area contributed by atoms with Crippen LogP contribution in [0.1, 0.15) is 0 Å².